The smallest absolute Gasteiger partial charge is 0.167 e. The van der Waals surface area contributed by atoms with E-state index < -0.39 is 0 Å². The molecule has 0 bridgehead atoms. The van der Waals surface area contributed by atoms with Gasteiger partial charge in [0.1, 0.15) is 0 Å². The average molecular weight is 479 g/mol. The summed E-state index contributed by atoms with van der Waals surface area (Å²) >= 11 is 0. The Labute approximate surface area is 215 Å². The molecule has 1 N–H and O–H groups in total. The number of allylic oxidation sites excluding steroid dienone is 2. The van der Waals surface area contributed by atoms with Crippen molar-refractivity contribution in [2.24, 2.45) is 10.4 Å². The monoisotopic (exact) mass is 478 g/mol. The molecule has 0 radical (unpaired) electrons. The highest BCUT2D eigenvalue weighted by molar-refractivity contribution is 6.25. The highest BCUT2D eigenvalue weighted by atomic mass is 16.1. The van der Waals surface area contributed by atoms with Crippen molar-refractivity contribution in [2.45, 2.75) is 136 Å². The first kappa shape index (κ1) is 27.7. The van der Waals surface area contributed by atoms with Gasteiger partial charge in [-0.1, -0.05) is 123 Å². The predicted molar refractivity (Wildman–Crippen MR) is 152 cm³/mol. The number of hydrogen-bond acceptors (Lipinski definition) is 3. The first-order chi connectivity index (χ1) is 17.0. The van der Waals surface area contributed by atoms with Crippen molar-refractivity contribution in [1.29, 1.82) is 0 Å². The summed E-state index contributed by atoms with van der Waals surface area (Å²) in [4.78, 5) is 18.1. The Balaban J connectivity index is 1.36. The van der Waals surface area contributed by atoms with Crippen molar-refractivity contribution in [3.8, 4) is 0 Å². The van der Waals surface area contributed by atoms with Gasteiger partial charge in [-0.25, -0.2) is 0 Å². The van der Waals surface area contributed by atoms with Crippen LogP contribution in [0.4, 0.5) is 11.4 Å². The Morgan fingerprint density at radius 3 is 1.91 bits per heavy atom. The van der Waals surface area contributed by atoms with Gasteiger partial charge >= 0.3 is 0 Å². The molecule has 0 unspecified atom stereocenters. The second-order valence-electron chi connectivity index (χ2n) is 11.7. The summed E-state index contributed by atoms with van der Waals surface area (Å²) in [5, 5.41) is 3.58. The molecular weight excluding hydrogens is 428 g/mol. The fourth-order valence-electron chi connectivity index (χ4n) is 5.65. The number of benzene rings is 1. The number of unbranched alkanes of at least 4 members (excludes halogenated alkanes) is 14. The van der Waals surface area contributed by atoms with Crippen molar-refractivity contribution in [3.63, 3.8) is 0 Å². The van der Waals surface area contributed by atoms with Crippen molar-refractivity contribution in [2.75, 3.05) is 5.32 Å². The van der Waals surface area contributed by atoms with E-state index in [4.69, 9.17) is 4.99 Å². The lowest BCUT2D eigenvalue weighted by Gasteiger charge is -2.32. The standard InChI is InChI=1S/C32H50N2O/c1-4-5-6-7-8-9-10-11-12-13-14-15-16-17-18-23-28-31-29(24-32(2,3)25-30(31)35)34-27-22-20-19-21-26(27)33-28/h19-22,34H,4-18,23-25H2,1-3H3. The summed E-state index contributed by atoms with van der Waals surface area (Å²) in [6.45, 7) is 6.67. The van der Waals surface area contributed by atoms with Crippen LogP contribution in [0.2, 0.25) is 0 Å². The van der Waals surface area contributed by atoms with E-state index >= 15 is 0 Å². The maximum absolute atomic E-state index is 13.1. The molecule has 1 aliphatic carbocycles. The molecule has 0 saturated heterocycles. The van der Waals surface area contributed by atoms with Gasteiger partial charge in [0, 0.05) is 12.1 Å². The number of aliphatic imine (C=N–C) groups is 1. The van der Waals surface area contributed by atoms with Crippen LogP contribution in [0.3, 0.4) is 0 Å². The highest BCUT2D eigenvalue weighted by Gasteiger charge is 2.36. The fourth-order valence-corrected chi connectivity index (χ4v) is 5.65. The number of nitrogens with zero attached hydrogens (tertiary/aromatic N) is 1. The van der Waals surface area contributed by atoms with Crippen LogP contribution in [0, 0.1) is 5.41 Å². The van der Waals surface area contributed by atoms with Crippen molar-refractivity contribution in [3.05, 3.63) is 35.5 Å². The summed E-state index contributed by atoms with van der Waals surface area (Å²) in [6.07, 6.45) is 22.9. The first-order valence-corrected chi connectivity index (χ1v) is 14.7. The van der Waals surface area contributed by atoms with E-state index in [9.17, 15) is 4.79 Å². The van der Waals surface area contributed by atoms with Gasteiger partial charge < -0.3 is 5.32 Å². The summed E-state index contributed by atoms with van der Waals surface area (Å²) in [5.41, 5.74) is 4.96. The Hall–Kier alpha value is -1.90. The molecule has 0 fully saturated rings. The second kappa shape index (κ2) is 14.6. The Bertz CT molecular complexity index is 864. The number of carbonyl (C=O) groups excluding carboxylic acids is 1. The molecule has 3 nitrogen and oxygen atoms in total. The van der Waals surface area contributed by atoms with E-state index in [-0.39, 0.29) is 11.2 Å². The van der Waals surface area contributed by atoms with E-state index in [1.54, 1.807) is 0 Å². The summed E-state index contributed by atoms with van der Waals surface area (Å²) in [6, 6.07) is 8.21. The number of para-hydroxylation sites is 2. The number of fused-ring (bicyclic) bond motifs is 1. The van der Waals surface area contributed by atoms with Crippen molar-refractivity contribution < 1.29 is 4.79 Å². The summed E-state index contributed by atoms with van der Waals surface area (Å²) in [7, 11) is 0. The number of rotatable bonds is 16. The molecule has 3 heteroatoms. The minimum Gasteiger partial charge on any atom is -0.356 e. The minimum absolute atomic E-state index is 0.00193. The van der Waals surface area contributed by atoms with Gasteiger partial charge in [0.15, 0.2) is 5.78 Å². The molecule has 0 saturated carbocycles. The van der Waals surface area contributed by atoms with E-state index in [0.717, 1.165) is 47.6 Å². The zero-order valence-electron chi connectivity index (χ0n) is 22.9. The van der Waals surface area contributed by atoms with E-state index in [1.165, 1.54) is 89.9 Å². The van der Waals surface area contributed by atoms with Gasteiger partial charge in [-0.15, -0.1) is 0 Å². The molecule has 2 aliphatic rings. The van der Waals surface area contributed by atoms with Gasteiger partial charge in [-0.3, -0.25) is 9.79 Å². The molecule has 194 valence electrons. The Kier molecular flexibility index (Phi) is 11.6. The zero-order chi connectivity index (χ0) is 24.9. The predicted octanol–water partition coefficient (Wildman–Crippen LogP) is 10.1. The average Bonchev–Trinajstić information content (AvgIpc) is 2.97. The van der Waals surface area contributed by atoms with E-state index in [2.05, 4.69) is 38.2 Å². The highest BCUT2D eigenvalue weighted by Crippen LogP contribution is 2.41. The Morgan fingerprint density at radius 1 is 0.771 bits per heavy atom. The fraction of sp³-hybridized carbons (Fsp3) is 0.688. The van der Waals surface area contributed by atoms with Gasteiger partial charge in [-0.2, -0.15) is 0 Å². The van der Waals surface area contributed by atoms with Gasteiger partial charge in [-0.05, 0) is 36.8 Å². The lowest BCUT2D eigenvalue weighted by atomic mass is 9.74. The first-order valence-electron chi connectivity index (χ1n) is 14.7. The number of hydrogen-bond donors (Lipinski definition) is 1. The van der Waals surface area contributed by atoms with Gasteiger partial charge in [0.05, 0.1) is 22.7 Å². The van der Waals surface area contributed by atoms with Crippen LogP contribution in [0.15, 0.2) is 40.5 Å². The van der Waals surface area contributed by atoms with Crippen LogP contribution < -0.4 is 5.32 Å². The lowest BCUT2D eigenvalue weighted by molar-refractivity contribution is -0.117. The largest absolute Gasteiger partial charge is 0.356 e. The number of Topliss-reactive ketones (excluding diaryl/α,β-unsaturated/α-hetero) is 1. The molecule has 1 aromatic rings. The molecular formula is C32H50N2O. The molecule has 3 rings (SSSR count). The van der Waals surface area contributed by atoms with Crippen LogP contribution in [-0.2, 0) is 4.79 Å². The SMILES string of the molecule is CCCCCCCCCCCCCCCCCC1=Nc2ccccc2NC2=C1C(=O)CC(C)(C)C2. The van der Waals surface area contributed by atoms with E-state index in [1.807, 2.05) is 12.1 Å². The van der Waals surface area contributed by atoms with Crippen LogP contribution >= 0.6 is 0 Å². The third-order valence-corrected chi connectivity index (χ3v) is 7.63. The normalized spacial score (nSPS) is 16.9. The molecule has 1 aliphatic heterocycles. The molecule has 0 amide bonds. The van der Waals surface area contributed by atoms with Gasteiger partial charge in [0.25, 0.3) is 0 Å². The minimum atomic E-state index is 0.00193. The van der Waals surface area contributed by atoms with Crippen molar-refractivity contribution >= 4 is 22.9 Å². The van der Waals surface area contributed by atoms with Crippen LogP contribution in [0.25, 0.3) is 0 Å². The third kappa shape index (κ3) is 9.24. The number of anilines is 1. The quantitative estimate of drug-likeness (QED) is 0.240. The third-order valence-electron chi connectivity index (χ3n) is 7.63. The van der Waals surface area contributed by atoms with Crippen LogP contribution in [-0.4, -0.2) is 11.5 Å². The molecule has 1 heterocycles. The number of ketones is 1. The van der Waals surface area contributed by atoms with Crippen LogP contribution in [0.5, 0.6) is 0 Å². The zero-order valence-corrected chi connectivity index (χ0v) is 22.9. The molecule has 0 aromatic heterocycles. The topological polar surface area (TPSA) is 41.5 Å². The van der Waals surface area contributed by atoms with Crippen LogP contribution in [0.1, 0.15) is 136 Å². The summed E-state index contributed by atoms with van der Waals surface area (Å²) in [5.74, 6) is 0.260. The summed E-state index contributed by atoms with van der Waals surface area (Å²) < 4.78 is 0. The number of carbonyl (C=O) groups is 1. The van der Waals surface area contributed by atoms with E-state index in [0.29, 0.717) is 6.42 Å². The van der Waals surface area contributed by atoms with Crippen molar-refractivity contribution in [1.82, 2.24) is 0 Å². The molecule has 1 aromatic carbocycles. The molecule has 0 spiro atoms. The molecule has 0 atom stereocenters. The van der Waals surface area contributed by atoms with Gasteiger partial charge in [0.2, 0.25) is 0 Å². The second-order valence-corrected chi connectivity index (χ2v) is 11.7. The maximum Gasteiger partial charge on any atom is 0.167 e. The Morgan fingerprint density at radius 2 is 1.31 bits per heavy atom. The lowest BCUT2D eigenvalue weighted by Crippen LogP contribution is -2.31. The maximum atomic E-state index is 13.1. The number of nitrogens with one attached hydrogen (secondary N) is 1. The molecule has 35 heavy (non-hydrogen) atoms.